The number of hydrogen-bond donors (Lipinski definition) is 1. The van der Waals surface area contributed by atoms with Crippen molar-refractivity contribution in [3.8, 4) is 11.3 Å². The largest absolute Gasteiger partial charge is 0.321 e. The summed E-state index contributed by atoms with van der Waals surface area (Å²) in [6.07, 6.45) is 0. The molecule has 0 aliphatic carbocycles. The Morgan fingerprint density at radius 2 is 1.52 bits per heavy atom. The molecule has 0 bridgehead atoms. The first-order valence-electron chi connectivity index (χ1n) is 9.74. The van der Waals surface area contributed by atoms with Crippen LogP contribution in [0.25, 0.3) is 32.9 Å². The van der Waals surface area contributed by atoms with Crippen LogP contribution in [-0.2, 0) is 0 Å². The first kappa shape index (κ1) is 19.6. The van der Waals surface area contributed by atoms with Crippen molar-refractivity contribution >= 4 is 56.5 Å². The van der Waals surface area contributed by atoms with E-state index in [1.807, 2.05) is 72.8 Å². The maximum absolute atomic E-state index is 13.4. The maximum atomic E-state index is 13.4. The van der Waals surface area contributed by atoms with Crippen molar-refractivity contribution in [1.29, 1.82) is 0 Å². The van der Waals surface area contributed by atoms with Crippen molar-refractivity contribution in [1.82, 2.24) is 4.98 Å². The van der Waals surface area contributed by atoms with Crippen LogP contribution in [0.1, 0.15) is 10.4 Å². The molecule has 0 saturated heterocycles. The van der Waals surface area contributed by atoms with Gasteiger partial charge in [0, 0.05) is 27.0 Å². The molecule has 0 aliphatic heterocycles. The first-order valence-corrected chi connectivity index (χ1v) is 10.5. The summed E-state index contributed by atoms with van der Waals surface area (Å²) < 4.78 is 0. The van der Waals surface area contributed by atoms with Crippen LogP contribution in [0.2, 0.25) is 10.0 Å². The molecule has 1 amide bonds. The predicted octanol–water partition coefficient (Wildman–Crippen LogP) is 7.61. The van der Waals surface area contributed by atoms with Gasteiger partial charge in [-0.15, -0.1) is 0 Å². The Kier molecular flexibility index (Phi) is 5.06. The number of rotatable bonds is 3. The van der Waals surface area contributed by atoms with Crippen LogP contribution in [0, 0.1) is 0 Å². The lowest BCUT2D eigenvalue weighted by atomic mass is 10.0. The van der Waals surface area contributed by atoms with E-state index in [2.05, 4.69) is 5.32 Å². The van der Waals surface area contributed by atoms with Gasteiger partial charge in [-0.05, 0) is 41.8 Å². The number of carbonyl (C=O) groups is 1. The van der Waals surface area contributed by atoms with Gasteiger partial charge in [0.05, 0.1) is 21.8 Å². The van der Waals surface area contributed by atoms with Gasteiger partial charge >= 0.3 is 0 Å². The molecule has 3 nitrogen and oxygen atoms in total. The van der Waals surface area contributed by atoms with Gasteiger partial charge in [-0.1, -0.05) is 77.8 Å². The Bertz CT molecular complexity index is 1460. The summed E-state index contributed by atoms with van der Waals surface area (Å²) in [5.74, 6) is -0.207. The molecular weight excluding hydrogens is 427 g/mol. The Labute approximate surface area is 189 Å². The standard InChI is InChI=1S/C26H16Cl2N2O/c27-17-12-13-20(22(28)14-17)25-15-21(19-9-3-4-10-24(19)29-25)26(31)30-23-11-5-7-16-6-1-2-8-18(16)23/h1-15H,(H,30,31). The van der Waals surface area contributed by atoms with Crippen LogP contribution in [0.5, 0.6) is 0 Å². The third-order valence-corrected chi connectivity index (χ3v) is 5.75. The molecule has 1 N–H and O–H groups in total. The monoisotopic (exact) mass is 442 g/mol. The van der Waals surface area contributed by atoms with Crippen LogP contribution >= 0.6 is 23.2 Å². The Hall–Kier alpha value is -3.40. The normalized spacial score (nSPS) is 11.0. The Morgan fingerprint density at radius 3 is 2.35 bits per heavy atom. The number of anilines is 1. The topological polar surface area (TPSA) is 42.0 Å². The molecule has 0 aliphatic rings. The van der Waals surface area contributed by atoms with E-state index in [4.69, 9.17) is 28.2 Å². The van der Waals surface area contributed by atoms with Crippen LogP contribution in [0.15, 0.2) is 91.0 Å². The molecule has 0 spiro atoms. The van der Waals surface area contributed by atoms with Crippen molar-refractivity contribution < 1.29 is 4.79 Å². The lowest BCUT2D eigenvalue weighted by Crippen LogP contribution is -2.13. The Balaban J connectivity index is 1.64. The summed E-state index contributed by atoms with van der Waals surface area (Å²) in [6, 6.07) is 28.4. The van der Waals surface area contributed by atoms with Gasteiger partial charge in [0.25, 0.3) is 5.91 Å². The third kappa shape index (κ3) is 3.74. The number of carbonyl (C=O) groups excluding carboxylic acids is 1. The molecular formula is C26H16Cl2N2O. The highest BCUT2D eigenvalue weighted by atomic mass is 35.5. The van der Waals surface area contributed by atoms with E-state index in [-0.39, 0.29) is 5.91 Å². The summed E-state index contributed by atoms with van der Waals surface area (Å²) >= 11 is 12.5. The predicted molar refractivity (Wildman–Crippen MR) is 129 cm³/mol. The number of nitrogens with zero attached hydrogens (tertiary/aromatic N) is 1. The molecule has 4 aromatic carbocycles. The zero-order chi connectivity index (χ0) is 21.4. The van der Waals surface area contributed by atoms with E-state index in [9.17, 15) is 4.79 Å². The summed E-state index contributed by atoms with van der Waals surface area (Å²) in [5, 5.41) is 6.92. The van der Waals surface area contributed by atoms with E-state index >= 15 is 0 Å². The second-order valence-electron chi connectivity index (χ2n) is 7.18. The number of benzene rings is 4. The van der Waals surface area contributed by atoms with Gasteiger partial charge < -0.3 is 5.32 Å². The molecule has 5 heteroatoms. The highest BCUT2D eigenvalue weighted by Crippen LogP contribution is 2.32. The van der Waals surface area contributed by atoms with Crippen molar-refractivity contribution in [2.45, 2.75) is 0 Å². The van der Waals surface area contributed by atoms with Gasteiger partial charge in [-0.3, -0.25) is 4.79 Å². The van der Waals surface area contributed by atoms with Crippen molar-refractivity contribution in [2.24, 2.45) is 0 Å². The summed E-state index contributed by atoms with van der Waals surface area (Å²) in [6.45, 7) is 0. The van der Waals surface area contributed by atoms with Crippen molar-refractivity contribution in [3.05, 3.63) is 107 Å². The molecule has 0 atom stereocenters. The minimum absolute atomic E-state index is 0.207. The molecule has 0 fully saturated rings. The highest BCUT2D eigenvalue weighted by molar-refractivity contribution is 6.36. The number of fused-ring (bicyclic) bond motifs is 2. The second kappa shape index (κ2) is 8.03. The molecule has 0 saturated carbocycles. The quantitative estimate of drug-likeness (QED) is 0.312. The van der Waals surface area contributed by atoms with Gasteiger partial charge in [0.15, 0.2) is 0 Å². The molecule has 5 aromatic rings. The van der Waals surface area contributed by atoms with E-state index in [1.165, 1.54) is 0 Å². The SMILES string of the molecule is O=C(Nc1cccc2ccccc12)c1cc(-c2ccc(Cl)cc2Cl)nc2ccccc12. The molecule has 0 unspecified atom stereocenters. The molecule has 5 rings (SSSR count). The summed E-state index contributed by atoms with van der Waals surface area (Å²) in [4.78, 5) is 18.1. The first-order chi connectivity index (χ1) is 15.1. The van der Waals surface area contributed by atoms with E-state index in [0.29, 0.717) is 26.8 Å². The number of para-hydroxylation sites is 1. The fourth-order valence-corrected chi connectivity index (χ4v) is 4.23. The average molecular weight is 443 g/mol. The lowest BCUT2D eigenvalue weighted by Gasteiger charge is -2.13. The summed E-state index contributed by atoms with van der Waals surface area (Å²) in [7, 11) is 0. The molecule has 150 valence electrons. The smallest absolute Gasteiger partial charge is 0.256 e. The minimum Gasteiger partial charge on any atom is -0.321 e. The zero-order valence-corrected chi connectivity index (χ0v) is 17.8. The molecule has 31 heavy (non-hydrogen) atoms. The van der Waals surface area contributed by atoms with Gasteiger partial charge in [-0.25, -0.2) is 4.98 Å². The van der Waals surface area contributed by atoms with Crippen molar-refractivity contribution in [2.75, 3.05) is 5.32 Å². The maximum Gasteiger partial charge on any atom is 0.256 e. The fourth-order valence-electron chi connectivity index (χ4n) is 3.72. The van der Waals surface area contributed by atoms with Crippen molar-refractivity contribution in [3.63, 3.8) is 0 Å². The van der Waals surface area contributed by atoms with E-state index < -0.39 is 0 Å². The van der Waals surface area contributed by atoms with Crippen LogP contribution in [0.3, 0.4) is 0 Å². The van der Waals surface area contributed by atoms with Crippen LogP contribution < -0.4 is 5.32 Å². The fraction of sp³-hybridized carbons (Fsp3) is 0. The van der Waals surface area contributed by atoms with Gasteiger partial charge in [0.2, 0.25) is 0 Å². The number of nitrogens with one attached hydrogen (secondary N) is 1. The molecule has 1 heterocycles. The highest BCUT2D eigenvalue weighted by Gasteiger charge is 2.16. The number of amides is 1. The second-order valence-corrected chi connectivity index (χ2v) is 8.02. The number of pyridine rings is 1. The van der Waals surface area contributed by atoms with Gasteiger partial charge in [-0.2, -0.15) is 0 Å². The van der Waals surface area contributed by atoms with Crippen LogP contribution in [-0.4, -0.2) is 10.9 Å². The molecule has 0 radical (unpaired) electrons. The minimum atomic E-state index is -0.207. The van der Waals surface area contributed by atoms with E-state index in [1.54, 1.807) is 18.2 Å². The third-order valence-electron chi connectivity index (χ3n) is 5.21. The number of aromatic nitrogens is 1. The number of halogens is 2. The van der Waals surface area contributed by atoms with E-state index in [0.717, 1.165) is 27.4 Å². The zero-order valence-electron chi connectivity index (χ0n) is 16.3. The lowest BCUT2D eigenvalue weighted by molar-refractivity contribution is 0.102. The number of hydrogen-bond acceptors (Lipinski definition) is 2. The Morgan fingerprint density at radius 1 is 0.774 bits per heavy atom. The summed E-state index contributed by atoms with van der Waals surface area (Å²) in [5.41, 5.74) is 3.34. The average Bonchev–Trinajstić information content (AvgIpc) is 2.78. The molecule has 1 aromatic heterocycles. The van der Waals surface area contributed by atoms with Crippen LogP contribution in [0.4, 0.5) is 5.69 Å². The van der Waals surface area contributed by atoms with Gasteiger partial charge in [0.1, 0.15) is 0 Å².